The van der Waals surface area contributed by atoms with Gasteiger partial charge in [-0.3, -0.25) is 4.68 Å². The van der Waals surface area contributed by atoms with E-state index in [1.165, 1.54) is 0 Å². The summed E-state index contributed by atoms with van der Waals surface area (Å²) < 4.78 is 12.1. The van der Waals surface area contributed by atoms with Gasteiger partial charge in [0.05, 0.1) is 19.4 Å². The third-order valence-electron chi connectivity index (χ3n) is 3.38. The van der Waals surface area contributed by atoms with Crippen molar-refractivity contribution in [3.05, 3.63) is 11.9 Å². The lowest BCUT2D eigenvalue weighted by molar-refractivity contribution is -0.304. The highest BCUT2D eigenvalue weighted by atomic mass is 16.7. The molecule has 2 rings (SSSR count). The summed E-state index contributed by atoms with van der Waals surface area (Å²) in [6.45, 7) is 0.0318. The summed E-state index contributed by atoms with van der Waals surface area (Å²) in [5.41, 5.74) is 0.481. The molecular weight excluding hydrogens is 298 g/mol. The van der Waals surface area contributed by atoms with Crippen LogP contribution in [0.5, 0.6) is 0 Å². The summed E-state index contributed by atoms with van der Waals surface area (Å²) in [7, 11) is 0. The van der Waals surface area contributed by atoms with E-state index in [2.05, 4.69) is 10.3 Å². The van der Waals surface area contributed by atoms with Crippen LogP contribution in [0, 0.1) is 0 Å². The lowest BCUT2D eigenvalue weighted by Crippen LogP contribution is -2.59. The van der Waals surface area contributed by atoms with Gasteiger partial charge >= 0.3 is 0 Å². The van der Waals surface area contributed by atoms with Crippen LogP contribution in [0.25, 0.3) is 0 Å². The van der Waals surface area contributed by atoms with E-state index in [1.54, 1.807) is 10.9 Å². The van der Waals surface area contributed by atoms with Gasteiger partial charge in [-0.05, 0) is 6.42 Å². The van der Waals surface area contributed by atoms with Crippen molar-refractivity contribution in [2.75, 3.05) is 13.2 Å². The van der Waals surface area contributed by atoms with Crippen molar-refractivity contribution < 1.29 is 35.0 Å². The van der Waals surface area contributed by atoms with Crippen molar-refractivity contribution >= 4 is 0 Å². The van der Waals surface area contributed by atoms with Crippen molar-refractivity contribution in [3.8, 4) is 0 Å². The molecule has 22 heavy (non-hydrogen) atoms. The van der Waals surface area contributed by atoms with Crippen LogP contribution in [0.15, 0.2) is 6.20 Å². The highest BCUT2D eigenvalue weighted by Crippen LogP contribution is 2.22. The molecule has 1 saturated heterocycles. The SMILES string of the molecule is OCCCn1cc(CO[C@@H]2O[C@H](CO)[C@@H](O)[C@H](O)[C@H]2O)nn1. The Morgan fingerprint density at radius 3 is 2.64 bits per heavy atom. The highest BCUT2D eigenvalue weighted by molar-refractivity contribution is 4.92. The number of ether oxygens (including phenoxy) is 2. The maximum Gasteiger partial charge on any atom is 0.187 e. The van der Waals surface area contributed by atoms with Crippen molar-refractivity contribution in [1.82, 2.24) is 15.0 Å². The standard InChI is InChI=1S/C12H21N3O7/c16-3-1-2-15-4-7(13-14-15)6-21-12-11(20)10(19)9(18)8(5-17)22-12/h4,8-12,16-20H,1-3,5-6H2/t8-,9-,10+,11-,12-/m1/s1. The molecule has 1 fully saturated rings. The van der Waals surface area contributed by atoms with Gasteiger partial charge in [-0.25, -0.2) is 0 Å². The van der Waals surface area contributed by atoms with Crippen LogP contribution in [0.4, 0.5) is 0 Å². The van der Waals surface area contributed by atoms with Gasteiger partial charge in [0, 0.05) is 13.2 Å². The topological polar surface area (TPSA) is 150 Å². The molecular formula is C12H21N3O7. The molecule has 10 heteroatoms. The van der Waals surface area contributed by atoms with Gasteiger partial charge < -0.3 is 35.0 Å². The summed E-state index contributed by atoms with van der Waals surface area (Å²) in [5, 5.41) is 54.6. The van der Waals surface area contributed by atoms with Crippen LogP contribution in [0.2, 0.25) is 0 Å². The zero-order valence-corrected chi connectivity index (χ0v) is 11.9. The number of aliphatic hydroxyl groups excluding tert-OH is 5. The van der Waals surface area contributed by atoms with Crippen LogP contribution in [-0.4, -0.2) is 84.4 Å². The van der Waals surface area contributed by atoms with Crippen molar-refractivity contribution in [2.24, 2.45) is 0 Å². The minimum Gasteiger partial charge on any atom is -0.396 e. The van der Waals surface area contributed by atoms with E-state index in [9.17, 15) is 15.3 Å². The summed E-state index contributed by atoms with van der Waals surface area (Å²) in [6, 6.07) is 0. The zero-order valence-electron chi connectivity index (χ0n) is 11.9. The van der Waals surface area contributed by atoms with E-state index in [4.69, 9.17) is 19.7 Å². The first-order chi connectivity index (χ1) is 10.6. The van der Waals surface area contributed by atoms with Crippen LogP contribution in [-0.2, 0) is 22.6 Å². The Bertz CT molecular complexity index is 456. The number of rotatable bonds is 7. The first-order valence-corrected chi connectivity index (χ1v) is 6.98. The predicted molar refractivity (Wildman–Crippen MR) is 70.3 cm³/mol. The summed E-state index contributed by atoms with van der Waals surface area (Å²) in [4.78, 5) is 0. The van der Waals surface area contributed by atoms with E-state index < -0.39 is 37.3 Å². The van der Waals surface area contributed by atoms with Gasteiger partial charge in [-0.1, -0.05) is 5.21 Å². The second-order valence-corrected chi connectivity index (χ2v) is 5.06. The van der Waals surface area contributed by atoms with Gasteiger partial charge in [0.15, 0.2) is 6.29 Å². The van der Waals surface area contributed by atoms with Crippen LogP contribution in [0.1, 0.15) is 12.1 Å². The van der Waals surface area contributed by atoms with Crippen LogP contribution < -0.4 is 0 Å². The summed E-state index contributed by atoms with van der Waals surface area (Å²) in [5.74, 6) is 0. The van der Waals surface area contributed by atoms with E-state index >= 15 is 0 Å². The molecule has 0 spiro atoms. The minimum atomic E-state index is -1.48. The molecule has 1 aromatic rings. The van der Waals surface area contributed by atoms with Crippen LogP contribution >= 0.6 is 0 Å². The number of aromatic nitrogens is 3. The monoisotopic (exact) mass is 319 g/mol. The molecule has 5 atom stereocenters. The molecule has 0 amide bonds. The molecule has 1 aliphatic heterocycles. The second-order valence-electron chi connectivity index (χ2n) is 5.06. The maximum absolute atomic E-state index is 9.81. The Morgan fingerprint density at radius 1 is 1.18 bits per heavy atom. The average molecular weight is 319 g/mol. The average Bonchev–Trinajstić information content (AvgIpc) is 2.98. The maximum atomic E-state index is 9.81. The molecule has 1 aromatic heterocycles. The fourth-order valence-corrected chi connectivity index (χ4v) is 2.12. The first-order valence-electron chi connectivity index (χ1n) is 6.98. The second kappa shape index (κ2) is 7.92. The molecule has 0 aliphatic carbocycles. The van der Waals surface area contributed by atoms with Gasteiger partial charge in [-0.2, -0.15) is 0 Å². The molecule has 5 N–H and O–H groups in total. The Kier molecular flexibility index (Phi) is 6.20. The van der Waals surface area contributed by atoms with Gasteiger partial charge in [0.25, 0.3) is 0 Å². The number of aliphatic hydroxyl groups is 5. The fraction of sp³-hybridized carbons (Fsp3) is 0.833. The normalized spacial score (nSPS) is 32.3. The smallest absolute Gasteiger partial charge is 0.187 e. The van der Waals surface area contributed by atoms with E-state index in [0.717, 1.165) is 0 Å². The number of nitrogens with zero attached hydrogens (tertiary/aromatic N) is 3. The molecule has 0 unspecified atom stereocenters. The quantitative estimate of drug-likeness (QED) is 0.354. The largest absolute Gasteiger partial charge is 0.396 e. The van der Waals surface area contributed by atoms with Crippen molar-refractivity contribution in [1.29, 1.82) is 0 Å². The van der Waals surface area contributed by atoms with Gasteiger partial charge in [0.2, 0.25) is 0 Å². The molecule has 0 aromatic carbocycles. The van der Waals surface area contributed by atoms with Gasteiger partial charge in [-0.15, -0.1) is 5.10 Å². The predicted octanol–water partition coefficient (Wildman–Crippen LogP) is -3.02. The Hall–Kier alpha value is -1.14. The lowest BCUT2D eigenvalue weighted by Gasteiger charge is -2.39. The number of hydrogen-bond donors (Lipinski definition) is 5. The lowest BCUT2D eigenvalue weighted by atomic mass is 9.99. The number of aryl methyl sites for hydroxylation is 1. The molecule has 0 saturated carbocycles. The summed E-state index contributed by atoms with van der Waals surface area (Å²) in [6.07, 6.45) is -4.37. The summed E-state index contributed by atoms with van der Waals surface area (Å²) >= 11 is 0. The van der Waals surface area contributed by atoms with Crippen LogP contribution in [0.3, 0.4) is 0 Å². The van der Waals surface area contributed by atoms with Crippen molar-refractivity contribution in [2.45, 2.75) is 50.3 Å². The first kappa shape index (κ1) is 17.2. The third kappa shape index (κ3) is 3.98. The Morgan fingerprint density at radius 2 is 1.95 bits per heavy atom. The fourth-order valence-electron chi connectivity index (χ4n) is 2.12. The Labute approximate surface area is 126 Å². The number of hydrogen-bond acceptors (Lipinski definition) is 9. The molecule has 126 valence electrons. The van der Waals surface area contributed by atoms with Crippen molar-refractivity contribution in [3.63, 3.8) is 0 Å². The van der Waals surface area contributed by atoms with E-state index in [-0.39, 0.29) is 13.2 Å². The molecule has 0 bridgehead atoms. The molecule has 1 aliphatic rings. The van der Waals surface area contributed by atoms with E-state index in [0.29, 0.717) is 18.7 Å². The Balaban J connectivity index is 1.88. The molecule has 10 nitrogen and oxygen atoms in total. The molecule has 2 heterocycles. The zero-order chi connectivity index (χ0) is 16.1. The third-order valence-corrected chi connectivity index (χ3v) is 3.38. The minimum absolute atomic E-state index is 0.0260. The molecule has 0 radical (unpaired) electrons. The highest BCUT2D eigenvalue weighted by Gasteiger charge is 2.44. The van der Waals surface area contributed by atoms with Gasteiger partial charge in [0.1, 0.15) is 30.1 Å². The van der Waals surface area contributed by atoms with E-state index in [1.807, 2.05) is 0 Å².